The van der Waals surface area contributed by atoms with Gasteiger partial charge in [0.1, 0.15) is 0 Å². The Morgan fingerprint density at radius 2 is 1.80 bits per heavy atom. The molecule has 0 saturated carbocycles. The maximum atomic E-state index is 12.1. The molecule has 0 atom stereocenters. The first-order valence-corrected chi connectivity index (χ1v) is 6.49. The number of hydrogen-bond donors (Lipinski definition) is 2. The highest BCUT2D eigenvalue weighted by Gasteiger charge is 2.08. The highest BCUT2D eigenvalue weighted by Crippen LogP contribution is 2.21. The molecule has 0 heterocycles. The van der Waals surface area contributed by atoms with Gasteiger partial charge in [0.05, 0.1) is 10.7 Å². The smallest absolute Gasteiger partial charge is 0.255 e. The molecule has 0 spiro atoms. The van der Waals surface area contributed by atoms with Crippen LogP contribution in [0.1, 0.15) is 10.4 Å². The van der Waals surface area contributed by atoms with Crippen LogP contribution >= 0.6 is 11.6 Å². The van der Waals surface area contributed by atoms with E-state index in [9.17, 15) is 4.79 Å². The molecule has 2 aromatic rings. The number of anilines is 3. The zero-order valence-corrected chi connectivity index (χ0v) is 12.1. The average molecular weight is 290 g/mol. The third kappa shape index (κ3) is 3.22. The van der Waals surface area contributed by atoms with E-state index in [0.29, 0.717) is 16.3 Å². The molecule has 0 aliphatic rings. The number of rotatable bonds is 3. The largest absolute Gasteiger partial charge is 0.398 e. The number of carbonyl (C=O) groups excluding carboxylic acids is 1. The lowest BCUT2D eigenvalue weighted by molar-refractivity contribution is 0.102. The first-order valence-electron chi connectivity index (χ1n) is 6.11. The molecule has 3 N–H and O–H groups in total. The zero-order valence-electron chi connectivity index (χ0n) is 11.4. The van der Waals surface area contributed by atoms with Crippen molar-refractivity contribution in [2.45, 2.75) is 0 Å². The summed E-state index contributed by atoms with van der Waals surface area (Å²) in [4.78, 5) is 14.1. The summed E-state index contributed by atoms with van der Waals surface area (Å²) in [5.41, 5.74) is 8.35. The van der Waals surface area contributed by atoms with Gasteiger partial charge in [-0.25, -0.2) is 0 Å². The van der Waals surface area contributed by atoms with Crippen molar-refractivity contribution in [3.63, 3.8) is 0 Å². The normalized spacial score (nSPS) is 10.2. The zero-order chi connectivity index (χ0) is 14.7. The second-order valence-electron chi connectivity index (χ2n) is 4.63. The third-order valence-corrected chi connectivity index (χ3v) is 3.24. The van der Waals surface area contributed by atoms with Gasteiger partial charge >= 0.3 is 0 Å². The van der Waals surface area contributed by atoms with Crippen molar-refractivity contribution in [1.82, 2.24) is 0 Å². The van der Waals surface area contributed by atoms with Gasteiger partial charge in [-0.3, -0.25) is 4.79 Å². The summed E-state index contributed by atoms with van der Waals surface area (Å²) < 4.78 is 0. The Labute approximate surface area is 123 Å². The van der Waals surface area contributed by atoms with Crippen molar-refractivity contribution in [3.05, 3.63) is 53.1 Å². The van der Waals surface area contributed by atoms with Gasteiger partial charge in [-0.15, -0.1) is 0 Å². The van der Waals surface area contributed by atoms with E-state index in [1.165, 1.54) is 0 Å². The highest BCUT2D eigenvalue weighted by molar-refractivity contribution is 6.33. The molecule has 2 rings (SSSR count). The molecule has 0 fully saturated rings. The molecule has 5 heteroatoms. The molecule has 1 amide bonds. The molecule has 0 unspecified atom stereocenters. The van der Waals surface area contributed by atoms with E-state index in [1.807, 2.05) is 43.3 Å². The number of nitrogens with two attached hydrogens (primary N) is 1. The van der Waals surface area contributed by atoms with Crippen LogP contribution in [0.2, 0.25) is 5.02 Å². The molecule has 0 aliphatic carbocycles. The maximum absolute atomic E-state index is 12.1. The summed E-state index contributed by atoms with van der Waals surface area (Å²) in [6.45, 7) is 0. The Morgan fingerprint density at radius 1 is 1.15 bits per heavy atom. The van der Waals surface area contributed by atoms with E-state index in [2.05, 4.69) is 5.32 Å². The van der Waals surface area contributed by atoms with Gasteiger partial charge in [0.25, 0.3) is 5.91 Å². The fraction of sp³-hybridized carbons (Fsp3) is 0.133. The van der Waals surface area contributed by atoms with Gasteiger partial charge < -0.3 is 16.0 Å². The minimum atomic E-state index is -0.217. The van der Waals surface area contributed by atoms with E-state index >= 15 is 0 Å². The van der Waals surface area contributed by atoms with Crippen LogP contribution in [0.4, 0.5) is 17.1 Å². The average Bonchev–Trinajstić information content (AvgIpc) is 2.42. The van der Waals surface area contributed by atoms with E-state index in [-0.39, 0.29) is 5.91 Å². The monoisotopic (exact) mass is 289 g/mol. The van der Waals surface area contributed by atoms with Crippen LogP contribution in [0.3, 0.4) is 0 Å². The second kappa shape index (κ2) is 5.84. The van der Waals surface area contributed by atoms with Gasteiger partial charge in [-0.05, 0) is 42.5 Å². The van der Waals surface area contributed by atoms with Crippen molar-refractivity contribution in [2.24, 2.45) is 0 Å². The molecular weight excluding hydrogens is 274 g/mol. The highest BCUT2D eigenvalue weighted by atomic mass is 35.5. The molecule has 0 bridgehead atoms. The van der Waals surface area contributed by atoms with E-state index in [4.69, 9.17) is 17.3 Å². The Bertz CT molecular complexity index is 624. The molecule has 0 aliphatic heterocycles. The fourth-order valence-corrected chi connectivity index (χ4v) is 1.85. The molecular formula is C15H16ClN3O. The van der Waals surface area contributed by atoms with E-state index in [1.54, 1.807) is 18.2 Å². The molecule has 20 heavy (non-hydrogen) atoms. The van der Waals surface area contributed by atoms with Crippen molar-refractivity contribution >= 4 is 34.6 Å². The summed E-state index contributed by atoms with van der Waals surface area (Å²) in [5, 5.41) is 3.26. The van der Waals surface area contributed by atoms with Crippen LogP contribution in [0, 0.1) is 0 Å². The summed E-state index contributed by atoms with van der Waals surface area (Å²) >= 11 is 5.83. The Hall–Kier alpha value is -2.20. The van der Waals surface area contributed by atoms with Gasteiger partial charge in [-0.1, -0.05) is 11.6 Å². The van der Waals surface area contributed by atoms with Crippen LogP contribution in [0.5, 0.6) is 0 Å². The van der Waals surface area contributed by atoms with Crippen molar-refractivity contribution in [3.8, 4) is 0 Å². The lowest BCUT2D eigenvalue weighted by Crippen LogP contribution is -2.13. The predicted molar refractivity (Wildman–Crippen MR) is 84.6 cm³/mol. The van der Waals surface area contributed by atoms with Crippen LogP contribution in [-0.2, 0) is 0 Å². The molecule has 0 saturated heterocycles. The molecule has 104 valence electrons. The molecule has 4 nitrogen and oxygen atoms in total. The summed E-state index contributed by atoms with van der Waals surface area (Å²) in [6.07, 6.45) is 0. The van der Waals surface area contributed by atoms with Crippen LogP contribution in [-0.4, -0.2) is 20.0 Å². The number of benzene rings is 2. The summed E-state index contributed by atoms with van der Waals surface area (Å²) in [5.74, 6) is -0.217. The maximum Gasteiger partial charge on any atom is 0.255 e. The lowest BCUT2D eigenvalue weighted by Gasteiger charge is -2.13. The first-order chi connectivity index (χ1) is 9.47. The number of halogens is 1. The predicted octanol–water partition coefficient (Wildman–Crippen LogP) is 3.24. The number of hydrogen-bond acceptors (Lipinski definition) is 3. The van der Waals surface area contributed by atoms with Gasteiger partial charge in [0.2, 0.25) is 0 Å². The van der Waals surface area contributed by atoms with E-state index < -0.39 is 0 Å². The minimum Gasteiger partial charge on any atom is -0.398 e. The number of nitrogens with zero attached hydrogens (tertiary/aromatic N) is 1. The van der Waals surface area contributed by atoms with Crippen molar-refractivity contribution < 1.29 is 4.79 Å². The standard InChI is InChI=1S/C15H16ClN3O/c1-19(2)12-6-4-11(5-7-12)18-15(20)10-3-8-13(16)14(17)9-10/h3-9H,17H2,1-2H3,(H,18,20). The molecule has 0 radical (unpaired) electrons. The third-order valence-electron chi connectivity index (χ3n) is 2.90. The number of carbonyl (C=O) groups is 1. The SMILES string of the molecule is CN(C)c1ccc(NC(=O)c2ccc(Cl)c(N)c2)cc1. The van der Waals surface area contributed by atoms with Crippen LogP contribution < -0.4 is 16.0 Å². The van der Waals surface area contributed by atoms with Gasteiger partial charge in [-0.2, -0.15) is 0 Å². The van der Waals surface area contributed by atoms with Crippen LogP contribution in [0.15, 0.2) is 42.5 Å². The molecule has 2 aromatic carbocycles. The first kappa shape index (κ1) is 14.2. The Balaban J connectivity index is 2.12. The quantitative estimate of drug-likeness (QED) is 0.853. The fourth-order valence-electron chi connectivity index (χ4n) is 1.73. The van der Waals surface area contributed by atoms with Crippen molar-refractivity contribution in [1.29, 1.82) is 0 Å². The van der Waals surface area contributed by atoms with Crippen LogP contribution in [0.25, 0.3) is 0 Å². The number of nitrogens with one attached hydrogen (secondary N) is 1. The summed E-state index contributed by atoms with van der Waals surface area (Å²) in [7, 11) is 3.92. The van der Waals surface area contributed by atoms with Gasteiger partial charge in [0, 0.05) is 31.0 Å². The summed E-state index contributed by atoms with van der Waals surface area (Å²) in [6, 6.07) is 12.4. The Morgan fingerprint density at radius 3 is 2.35 bits per heavy atom. The topological polar surface area (TPSA) is 58.4 Å². The number of amides is 1. The second-order valence-corrected chi connectivity index (χ2v) is 5.04. The van der Waals surface area contributed by atoms with Gasteiger partial charge in [0.15, 0.2) is 0 Å². The molecule has 0 aromatic heterocycles. The lowest BCUT2D eigenvalue weighted by atomic mass is 10.2. The van der Waals surface area contributed by atoms with E-state index in [0.717, 1.165) is 11.4 Å². The Kier molecular flexibility index (Phi) is 4.15. The minimum absolute atomic E-state index is 0.217. The van der Waals surface area contributed by atoms with Crippen molar-refractivity contribution in [2.75, 3.05) is 30.0 Å². The number of nitrogen functional groups attached to an aromatic ring is 1.